The van der Waals surface area contributed by atoms with Gasteiger partial charge >= 0.3 is 0 Å². The normalized spacial score (nSPS) is 19.2. The molecule has 0 aliphatic carbocycles. The Kier molecular flexibility index (Phi) is 23.6. The van der Waals surface area contributed by atoms with Crippen molar-refractivity contribution in [3.63, 3.8) is 0 Å². The maximum absolute atomic E-state index is 8.97. The van der Waals surface area contributed by atoms with E-state index < -0.39 is 16.6 Å². The Balaban J connectivity index is 2.76. The van der Waals surface area contributed by atoms with Crippen molar-refractivity contribution in [1.29, 1.82) is 0 Å². The molecule has 1 aliphatic heterocycles. The summed E-state index contributed by atoms with van der Waals surface area (Å²) in [5.74, 6) is 0. The van der Waals surface area contributed by atoms with Gasteiger partial charge in [0.15, 0.2) is 16.6 Å². The van der Waals surface area contributed by atoms with Crippen LogP contribution in [0.3, 0.4) is 0 Å². The first kappa shape index (κ1) is 46.3. The van der Waals surface area contributed by atoms with Gasteiger partial charge in [0.2, 0.25) is 0 Å². The molecule has 4 nitrogen and oxygen atoms in total. The average Bonchev–Trinajstić information content (AvgIpc) is 3.49. The first-order chi connectivity index (χ1) is 22.6. The zero-order valence-corrected chi connectivity index (χ0v) is 36.7. The summed E-state index contributed by atoms with van der Waals surface area (Å²) in [5, 5.41) is 9.37. The molecule has 1 rings (SSSR count). The van der Waals surface area contributed by atoms with Crippen LogP contribution in [0, 0.1) is 0 Å². The Hall–Kier alpha value is 0.274. The molecule has 0 bridgehead atoms. The average molecular weight is 713 g/mol. The summed E-state index contributed by atoms with van der Waals surface area (Å²) in [5.41, 5.74) is 0. The van der Waals surface area contributed by atoms with Gasteiger partial charge in [-0.2, -0.15) is 0 Å². The van der Waals surface area contributed by atoms with E-state index in [0.717, 1.165) is 32.1 Å². The van der Waals surface area contributed by atoms with Crippen molar-refractivity contribution in [3.05, 3.63) is 0 Å². The largest absolute Gasteiger partial charge is 0.411 e. The van der Waals surface area contributed by atoms with Gasteiger partial charge in [-0.1, -0.05) is 170 Å². The van der Waals surface area contributed by atoms with Gasteiger partial charge in [-0.25, -0.2) is 0 Å². The monoisotopic (exact) mass is 713 g/mol. The molecular weight excluding hydrogens is 625 g/mol. The highest BCUT2D eigenvalue weighted by Gasteiger charge is 2.45. The smallest absolute Gasteiger partial charge is 0.192 e. The third-order valence-corrected chi connectivity index (χ3v) is 21.2. The maximum Gasteiger partial charge on any atom is 0.192 e. The number of aliphatic hydroxyl groups excluding tert-OH is 1. The molecule has 1 N–H and O–H groups in total. The van der Waals surface area contributed by atoms with E-state index >= 15 is 0 Å². The predicted molar refractivity (Wildman–Crippen MR) is 216 cm³/mol. The van der Waals surface area contributed by atoms with Gasteiger partial charge in [0.25, 0.3) is 0 Å². The number of hydrogen-bond acceptors (Lipinski definition) is 4. The van der Waals surface area contributed by atoms with E-state index in [0.29, 0.717) is 6.61 Å². The van der Waals surface area contributed by atoms with Gasteiger partial charge in [-0.15, -0.1) is 0 Å². The van der Waals surface area contributed by atoms with Crippen LogP contribution in [0.1, 0.15) is 203 Å². The highest BCUT2D eigenvalue weighted by Crippen LogP contribution is 2.42. The minimum atomic E-state index is -1.91. The van der Waals surface area contributed by atoms with Crippen LogP contribution in [0.25, 0.3) is 0 Å². The van der Waals surface area contributed by atoms with E-state index in [2.05, 4.69) is 74.7 Å². The van der Waals surface area contributed by atoms with Crippen molar-refractivity contribution in [2.75, 3.05) is 6.61 Å². The summed E-state index contributed by atoms with van der Waals surface area (Å²) in [7, 11) is -3.82. The Morgan fingerprint density at radius 2 is 0.812 bits per heavy atom. The number of hydrogen-bond donors (Lipinski definition) is 1. The molecule has 0 aromatic rings. The van der Waals surface area contributed by atoms with Crippen molar-refractivity contribution in [1.82, 2.24) is 0 Å². The molecule has 0 spiro atoms. The second-order valence-electron chi connectivity index (χ2n) is 18.6. The fourth-order valence-electron chi connectivity index (χ4n) is 6.69. The molecular formula is C42H88O4Si2. The standard InChI is InChI=1S/C42H88O4Si2/c1-12-13-14-15-16-17-20-23-26-29-32-39(45-47(8,9)41(2,3)4)37-34-35-38(44-37)40(46-48(10,11)42(5,6)7)33-30-27-24-21-18-19-22-25-28-31-36-43/h37-40,43H,12-36H2,1-11H3/t37-,38-,39-,40+/m1/s1. The van der Waals surface area contributed by atoms with E-state index in [1.54, 1.807) is 0 Å². The number of ether oxygens (including phenoxy) is 1. The molecule has 0 amide bonds. The minimum Gasteiger partial charge on any atom is -0.411 e. The molecule has 0 aromatic carbocycles. The lowest BCUT2D eigenvalue weighted by molar-refractivity contribution is -0.0715. The van der Waals surface area contributed by atoms with Gasteiger partial charge < -0.3 is 18.7 Å². The summed E-state index contributed by atoms with van der Waals surface area (Å²) in [4.78, 5) is 0. The Labute approximate surface area is 304 Å². The number of rotatable bonds is 29. The highest BCUT2D eigenvalue weighted by molar-refractivity contribution is 6.74. The summed E-state index contributed by atoms with van der Waals surface area (Å²) in [6.45, 7) is 26.6. The maximum atomic E-state index is 8.97. The zero-order valence-electron chi connectivity index (χ0n) is 34.7. The molecule has 48 heavy (non-hydrogen) atoms. The molecule has 288 valence electrons. The lowest BCUT2D eigenvalue weighted by atomic mass is 10.00. The third kappa shape index (κ3) is 19.2. The van der Waals surface area contributed by atoms with Crippen molar-refractivity contribution < 1.29 is 18.7 Å². The Morgan fingerprint density at radius 1 is 0.521 bits per heavy atom. The van der Waals surface area contributed by atoms with Crippen molar-refractivity contribution in [3.8, 4) is 0 Å². The fourth-order valence-corrected chi connectivity index (χ4v) is 9.45. The first-order valence-electron chi connectivity index (χ1n) is 21.2. The van der Waals surface area contributed by atoms with E-state index in [9.17, 15) is 0 Å². The zero-order chi connectivity index (χ0) is 36.1. The Morgan fingerprint density at radius 3 is 1.10 bits per heavy atom. The first-order valence-corrected chi connectivity index (χ1v) is 27.0. The molecule has 1 saturated heterocycles. The quantitative estimate of drug-likeness (QED) is 0.0619. The van der Waals surface area contributed by atoms with Crippen LogP contribution in [-0.4, -0.2) is 52.8 Å². The molecule has 1 heterocycles. The van der Waals surface area contributed by atoms with Gasteiger partial charge in [0.05, 0.1) is 24.4 Å². The van der Waals surface area contributed by atoms with Crippen LogP contribution < -0.4 is 0 Å². The van der Waals surface area contributed by atoms with Gasteiger partial charge in [0.1, 0.15) is 0 Å². The number of unbranched alkanes of at least 4 members (excludes halogenated alkanes) is 18. The van der Waals surface area contributed by atoms with E-state index in [4.69, 9.17) is 18.7 Å². The molecule has 0 aromatic heterocycles. The van der Waals surface area contributed by atoms with E-state index in [1.807, 2.05) is 0 Å². The molecule has 4 atom stereocenters. The van der Waals surface area contributed by atoms with Crippen molar-refractivity contribution >= 4 is 16.6 Å². The molecule has 0 radical (unpaired) electrons. The van der Waals surface area contributed by atoms with Crippen LogP contribution in [0.2, 0.25) is 36.3 Å². The van der Waals surface area contributed by atoms with E-state index in [-0.39, 0.29) is 34.5 Å². The highest BCUT2D eigenvalue weighted by atomic mass is 28.4. The summed E-state index contributed by atoms with van der Waals surface area (Å²) < 4.78 is 21.5. The molecule has 1 fully saturated rings. The summed E-state index contributed by atoms with van der Waals surface area (Å²) >= 11 is 0. The van der Waals surface area contributed by atoms with Crippen molar-refractivity contribution in [2.24, 2.45) is 0 Å². The summed E-state index contributed by atoms with van der Waals surface area (Å²) in [6.07, 6.45) is 31.7. The third-order valence-electron chi connectivity index (χ3n) is 12.2. The van der Waals surface area contributed by atoms with Gasteiger partial charge in [-0.3, -0.25) is 0 Å². The van der Waals surface area contributed by atoms with Gasteiger partial charge in [0, 0.05) is 6.61 Å². The Bertz CT molecular complexity index is 773. The topological polar surface area (TPSA) is 47.9 Å². The van der Waals surface area contributed by atoms with E-state index in [1.165, 1.54) is 122 Å². The molecule has 1 aliphatic rings. The molecule has 0 saturated carbocycles. The second kappa shape index (κ2) is 24.5. The van der Waals surface area contributed by atoms with Crippen LogP contribution in [0.5, 0.6) is 0 Å². The van der Waals surface area contributed by atoms with Crippen LogP contribution in [0.15, 0.2) is 0 Å². The van der Waals surface area contributed by atoms with Crippen LogP contribution in [0.4, 0.5) is 0 Å². The van der Waals surface area contributed by atoms with Crippen LogP contribution in [-0.2, 0) is 13.6 Å². The fraction of sp³-hybridized carbons (Fsp3) is 1.00. The van der Waals surface area contributed by atoms with Crippen molar-refractivity contribution in [2.45, 2.75) is 263 Å². The SMILES string of the molecule is CCCCCCCCCCCC[C@@H](O[Si](C)(C)C(C)(C)C)[C@H]1CC[C@H]([C@H](CCCCCCCCCCCCO)O[Si](C)(C)C(C)(C)C)O1. The second-order valence-corrected chi connectivity index (χ2v) is 28.2. The summed E-state index contributed by atoms with van der Waals surface area (Å²) in [6, 6.07) is 0. The van der Waals surface area contributed by atoms with Gasteiger partial charge in [-0.05, 0) is 68.4 Å². The number of aliphatic hydroxyl groups is 1. The minimum absolute atomic E-state index is 0.196. The molecule has 0 unspecified atom stereocenters. The lowest BCUT2D eigenvalue weighted by Crippen LogP contribution is -2.48. The lowest BCUT2D eigenvalue weighted by Gasteiger charge is -2.42. The predicted octanol–water partition coefficient (Wildman–Crippen LogP) is 13.9. The van der Waals surface area contributed by atoms with Crippen LogP contribution >= 0.6 is 0 Å². The molecule has 6 heteroatoms.